The molecule has 0 radical (unpaired) electrons. The monoisotopic (exact) mass is 194 g/mol. The Balaban J connectivity index is 2.91. The first kappa shape index (κ1) is 10.4. The van der Waals surface area contributed by atoms with Crippen molar-refractivity contribution in [3.63, 3.8) is 0 Å². The first-order valence-electron chi connectivity index (χ1n) is 2.42. The van der Waals surface area contributed by atoms with Gasteiger partial charge < -0.3 is 0 Å². The number of rotatable bonds is 5. The largest absolute Gasteiger partial charge is 0.284 e. The van der Waals surface area contributed by atoms with Gasteiger partial charge in [0.25, 0.3) is 11.5 Å². The van der Waals surface area contributed by atoms with Crippen LogP contribution in [-0.4, -0.2) is 23.0 Å². The number of hydrogen-bond acceptors (Lipinski definition) is 2. The van der Waals surface area contributed by atoms with Crippen LogP contribution in [0.15, 0.2) is 0 Å². The van der Waals surface area contributed by atoms with Crippen LogP contribution in [0.1, 0.15) is 0 Å². The van der Waals surface area contributed by atoms with E-state index in [0.717, 1.165) is 0 Å². The summed E-state index contributed by atoms with van der Waals surface area (Å²) in [5, 5.41) is 0. The van der Waals surface area contributed by atoms with Gasteiger partial charge in [0.15, 0.2) is 0 Å². The van der Waals surface area contributed by atoms with Crippen LogP contribution < -0.4 is 0 Å². The Morgan fingerprint density at radius 1 is 0.800 bits per heavy atom. The van der Waals surface area contributed by atoms with E-state index < -0.39 is 11.5 Å². The number of halogens is 4. The Labute approximate surface area is 64.7 Å². The van der Waals surface area contributed by atoms with Crippen molar-refractivity contribution in [3.05, 3.63) is 0 Å². The van der Waals surface area contributed by atoms with Crippen molar-refractivity contribution in [2.24, 2.45) is 0 Å². The lowest BCUT2D eigenvalue weighted by Crippen LogP contribution is -1.92. The minimum Gasteiger partial charge on any atom is -0.198 e. The van der Waals surface area contributed by atoms with Gasteiger partial charge in [0.1, 0.15) is 0 Å². The molecule has 0 amide bonds. The minimum absolute atomic E-state index is 0.0761. The third kappa shape index (κ3) is 8.42. The Morgan fingerprint density at radius 3 is 1.30 bits per heavy atom. The Kier molecular flexibility index (Phi) is 6.41. The maximum Gasteiger partial charge on any atom is 0.284 e. The maximum atomic E-state index is 11.3. The van der Waals surface area contributed by atoms with Crippen LogP contribution in [0.25, 0.3) is 0 Å². The summed E-state index contributed by atoms with van der Waals surface area (Å²) in [7, 11) is 0. The fourth-order valence-corrected chi connectivity index (χ4v) is 1.40. The van der Waals surface area contributed by atoms with Gasteiger partial charge in [-0.05, 0) is 0 Å². The van der Waals surface area contributed by atoms with E-state index in [9.17, 15) is 17.6 Å². The van der Waals surface area contributed by atoms with Crippen molar-refractivity contribution in [1.82, 2.24) is 0 Å². The predicted octanol–water partition coefficient (Wildman–Crippen LogP) is 2.90. The van der Waals surface area contributed by atoms with E-state index in [2.05, 4.69) is 0 Å². The molecule has 6 heteroatoms. The highest BCUT2D eigenvalue weighted by Crippen LogP contribution is 2.18. The average Bonchev–Trinajstić information content (AvgIpc) is 1.79. The molecule has 0 aliphatic heterocycles. The number of alkyl halides is 4. The van der Waals surface area contributed by atoms with Crippen LogP contribution in [0.4, 0.5) is 17.6 Å². The minimum atomic E-state index is -2.45. The van der Waals surface area contributed by atoms with Crippen molar-refractivity contribution in [2.45, 2.75) is 11.5 Å². The highest BCUT2D eigenvalue weighted by molar-refractivity contribution is 8.03. The second-order valence-electron chi connectivity index (χ2n) is 1.26. The Morgan fingerprint density at radius 2 is 1.10 bits per heavy atom. The van der Waals surface area contributed by atoms with Crippen molar-refractivity contribution in [3.8, 4) is 0 Å². The predicted molar refractivity (Wildman–Crippen MR) is 36.9 cm³/mol. The molecule has 0 N–H and O–H groups in total. The summed E-state index contributed by atoms with van der Waals surface area (Å²) in [6, 6.07) is 0. The summed E-state index contributed by atoms with van der Waals surface area (Å²) in [6.45, 7) is 0. The maximum absolute atomic E-state index is 11.3. The fourth-order valence-electron chi connectivity index (χ4n) is 0.274. The lowest BCUT2D eigenvalue weighted by Gasteiger charge is -1.98. The quantitative estimate of drug-likeness (QED) is 0.487. The molecule has 0 aromatic rings. The molecule has 0 unspecified atom stereocenters. The van der Waals surface area contributed by atoms with E-state index in [4.69, 9.17) is 0 Å². The molecule has 0 saturated carbocycles. The van der Waals surface area contributed by atoms with Gasteiger partial charge in [-0.2, -0.15) is 17.6 Å². The molecule has 0 saturated heterocycles. The summed E-state index contributed by atoms with van der Waals surface area (Å²) in [5.74, 6) is -4.74. The summed E-state index contributed by atoms with van der Waals surface area (Å²) < 4.78 is 45.3. The number of hydrogen-bond donors (Lipinski definition) is 0. The molecule has 0 aliphatic rings. The second kappa shape index (κ2) is 6.15. The molecular formula is C4H6F4S2. The smallest absolute Gasteiger partial charge is 0.198 e. The lowest BCUT2D eigenvalue weighted by molar-refractivity contribution is 0.250. The van der Waals surface area contributed by atoms with E-state index >= 15 is 0 Å². The first-order chi connectivity index (χ1) is 4.63. The van der Waals surface area contributed by atoms with E-state index in [1.165, 1.54) is 0 Å². The van der Waals surface area contributed by atoms with Crippen LogP contribution in [0.2, 0.25) is 0 Å². The zero-order valence-electron chi connectivity index (χ0n) is 4.90. The van der Waals surface area contributed by atoms with Crippen LogP contribution in [0, 0.1) is 0 Å². The molecule has 0 nitrogen and oxygen atoms in total. The highest BCUT2D eigenvalue weighted by Gasteiger charge is 2.05. The van der Waals surface area contributed by atoms with Crippen molar-refractivity contribution in [1.29, 1.82) is 0 Å². The van der Waals surface area contributed by atoms with Crippen molar-refractivity contribution < 1.29 is 17.6 Å². The lowest BCUT2D eigenvalue weighted by atomic mass is 11.0. The molecule has 62 valence electrons. The molecule has 0 atom stereocenters. The van der Waals surface area contributed by atoms with Crippen molar-refractivity contribution in [2.75, 3.05) is 11.5 Å². The van der Waals surface area contributed by atoms with Gasteiger partial charge in [0.2, 0.25) is 0 Å². The van der Waals surface area contributed by atoms with Gasteiger partial charge in [0.05, 0.1) is 0 Å². The van der Waals surface area contributed by atoms with E-state index in [1.807, 2.05) is 0 Å². The van der Waals surface area contributed by atoms with Gasteiger partial charge in [-0.3, -0.25) is 0 Å². The Bertz CT molecular complexity index is 67.7. The van der Waals surface area contributed by atoms with Gasteiger partial charge in [0, 0.05) is 11.5 Å². The van der Waals surface area contributed by atoms with Crippen LogP contribution in [0.5, 0.6) is 0 Å². The molecular weight excluding hydrogens is 188 g/mol. The first-order valence-corrected chi connectivity index (χ1v) is 4.52. The van der Waals surface area contributed by atoms with Crippen LogP contribution in [-0.2, 0) is 0 Å². The SMILES string of the molecule is FC(F)SCCSC(F)F. The van der Waals surface area contributed by atoms with Crippen LogP contribution in [0.3, 0.4) is 0 Å². The summed E-state index contributed by atoms with van der Waals surface area (Å²) in [5.41, 5.74) is 0. The topological polar surface area (TPSA) is 0 Å². The molecule has 0 aromatic heterocycles. The zero-order valence-corrected chi connectivity index (χ0v) is 6.53. The molecule has 0 bridgehead atoms. The second-order valence-corrected chi connectivity index (χ2v) is 3.46. The Hall–Kier alpha value is 0.420. The third-order valence-electron chi connectivity index (χ3n) is 0.571. The fraction of sp³-hybridized carbons (Fsp3) is 1.00. The highest BCUT2D eigenvalue weighted by atomic mass is 32.2. The van der Waals surface area contributed by atoms with Gasteiger partial charge in [-0.25, -0.2) is 0 Å². The molecule has 10 heavy (non-hydrogen) atoms. The number of thioether (sulfide) groups is 2. The van der Waals surface area contributed by atoms with E-state index in [-0.39, 0.29) is 11.5 Å². The van der Waals surface area contributed by atoms with Crippen LogP contribution >= 0.6 is 23.5 Å². The molecule has 0 fully saturated rings. The standard InChI is InChI=1S/C4H6F4S2/c5-3(6)9-1-2-10-4(7)8/h3-4H,1-2H2. The van der Waals surface area contributed by atoms with Crippen molar-refractivity contribution >= 4 is 23.5 Å². The summed E-state index contributed by atoms with van der Waals surface area (Å²) >= 11 is 0.771. The molecule has 0 spiro atoms. The molecule has 0 aliphatic carbocycles. The molecule has 0 aromatic carbocycles. The van der Waals surface area contributed by atoms with Gasteiger partial charge >= 0.3 is 0 Å². The summed E-state index contributed by atoms with van der Waals surface area (Å²) in [6.07, 6.45) is 0. The zero-order chi connectivity index (χ0) is 7.98. The van der Waals surface area contributed by atoms with E-state index in [0.29, 0.717) is 23.5 Å². The molecule has 0 heterocycles. The average molecular weight is 194 g/mol. The molecule has 0 rings (SSSR count). The van der Waals surface area contributed by atoms with E-state index in [1.54, 1.807) is 0 Å². The normalized spacial score (nSPS) is 11.4. The third-order valence-corrected chi connectivity index (χ3v) is 2.21. The summed E-state index contributed by atoms with van der Waals surface area (Å²) in [4.78, 5) is 0. The van der Waals surface area contributed by atoms with Gasteiger partial charge in [-0.15, -0.1) is 0 Å². The van der Waals surface area contributed by atoms with Gasteiger partial charge in [-0.1, -0.05) is 23.5 Å².